The molecule has 0 bridgehead atoms. The fourth-order valence-electron chi connectivity index (χ4n) is 2.62. The molecule has 2 atom stereocenters. The van der Waals surface area contributed by atoms with Crippen LogP contribution in [0.25, 0.3) is 0 Å². The lowest BCUT2D eigenvalue weighted by atomic mass is 9.67. The molecule has 1 aliphatic heterocycles. The van der Waals surface area contributed by atoms with Gasteiger partial charge in [-0.05, 0) is 59.0 Å². The highest BCUT2D eigenvalue weighted by molar-refractivity contribution is 6.53. The molecule has 0 aromatic rings. The minimum Gasteiger partial charge on any atom is -0.481 e. The first-order valence-corrected chi connectivity index (χ1v) is 7.01. The Bertz CT molecular complexity index is 442. The van der Waals surface area contributed by atoms with Gasteiger partial charge >= 0.3 is 13.1 Å². The molecule has 6 heteroatoms. The highest BCUT2D eigenvalue weighted by Crippen LogP contribution is 2.44. The third-order valence-corrected chi connectivity index (χ3v) is 4.98. The van der Waals surface area contributed by atoms with E-state index in [0.717, 1.165) is 0 Å². The first kappa shape index (κ1) is 15.5. The monoisotopic (exact) mass is 284 g/mol. The van der Waals surface area contributed by atoms with Crippen LogP contribution >= 0.6 is 0 Å². The number of aliphatic carboxylic acids is 1. The molecular formula is C14H22BFO4. The highest BCUT2D eigenvalue weighted by atomic mass is 19.1. The van der Waals surface area contributed by atoms with E-state index >= 15 is 0 Å². The molecule has 0 radical (unpaired) electrons. The summed E-state index contributed by atoms with van der Waals surface area (Å²) in [6.45, 7) is 9.08. The van der Waals surface area contributed by atoms with E-state index in [-0.39, 0.29) is 5.92 Å². The minimum atomic E-state index is -1.03. The Morgan fingerprint density at radius 2 is 1.60 bits per heavy atom. The quantitative estimate of drug-likeness (QED) is 0.809. The van der Waals surface area contributed by atoms with Gasteiger partial charge in [0.2, 0.25) is 0 Å². The van der Waals surface area contributed by atoms with Gasteiger partial charge in [0, 0.05) is 0 Å². The fraction of sp³-hybridized carbons (Fsp3) is 0.786. The molecule has 1 saturated carbocycles. The average molecular weight is 284 g/mol. The first-order chi connectivity index (χ1) is 9.07. The van der Waals surface area contributed by atoms with Gasteiger partial charge < -0.3 is 14.4 Å². The Morgan fingerprint density at radius 1 is 1.15 bits per heavy atom. The van der Waals surface area contributed by atoms with Gasteiger partial charge in [-0.25, -0.2) is 4.39 Å². The van der Waals surface area contributed by atoms with Crippen molar-refractivity contribution in [3.8, 4) is 0 Å². The van der Waals surface area contributed by atoms with Crippen LogP contribution in [0.3, 0.4) is 0 Å². The van der Waals surface area contributed by atoms with E-state index in [0.29, 0.717) is 18.4 Å². The maximum atomic E-state index is 14.5. The van der Waals surface area contributed by atoms with Gasteiger partial charge in [0.15, 0.2) is 0 Å². The zero-order chi connectivity index (χ0) is 15.3. The van der Waals surface area contributed by atoms with Crippen molar-refractivity contribution in [2.24, 2.45) is 11.8 Å². The third-order valence-electron chi connectivity index (χ3n) is 4.98. The number of halogens is 1. The summed E-state index contributed by atoms with van der Waals surface area (Å²) in [6, 6.07) is 0. The van der Waals surface area contributed by atoms with E-state index in [1.165, 1.54) is 0 Å². The molecule has 0 aromatic heterocycles. The molecule has 2 unspecified atom stereocenters. The van der Waals surface area contributed by atoms with Gasteiger partial charge in [0.1, 0.15) is 5.73 Å². The van der Waals surface area contributed by atoms with Crippen LogP contribution in [0.4, 0.5) is 4.39 Å². The van der Waals surface area contributed by atoms with E-state index in [1.807, 2.05) is 27.7 Å². The summed E-state index contributed by atoms with van der Waals surface area (Å²) in [5.74, 6) is -1.59. The number of allylic oxidation sites excluding steroid dienone is 1. The van der Waals surface area contributed by atoms with E-state index in [4.69, 9.17) is 14.4 Å². The van der Waals surface area contributed by atoms with Gasteiger partial charge in [-0.2, -0.15) is 0 Å². The summed E-state index contributed by atoms with van der Waals surface area (Å²) in [5, 5.41) is 9.06. The Kier molecular flexibility index (Phi) is 3.76. The summed E-state index contributed by atoms with van der Waals surface area (Å²) in [4.78, 5) is 11.0. The number of carbonyl (C=O) groups is 1. The van der Waals surface area contributed by atoms with Gasteiger partial charge in [-0.3, -0.25) is 4.79 Å². The van der Waals surface area contributed by atoms with Crippen LogP contribution in [0.15, 0.2) is 11.3 Å². The Hall–Kier alpha value is -0.875. The van der Waals surface area contributed by atoms with E-state index in [1.54, 1.807) is 6.92 Å². The van der Waals surface area contributed by atoms with Crippen molar-refractivity contribution in [2.45, 2.75) is 58.7 Å². The van der Waals surface area contributed by atoms with Crippen LogP contribution in [0.2, 0.25) is 0 Å². The van der Waals surface area contributed by atoms with Crippen molar-refractivity contribution in [1.82, 2.24) is 0 Å². The van der Waals surface area contributed by atoms with E-state index in [9.17, 15) is 9.18 Å². The minimum absolute atomic E-state index is 0.244. The molecule has 1 N–H and O–H groups in total. The summed E-state index contributed by atoms with van der Waals surface area (Å²) in [6.07, 6.45) is 1.31. The van der Waals surface area contributed by atoms with Gasteiger partial charge in [0.05, 0.1) is 17.1 Å². The smallest absolute Gasteiger partial charge is 0.481 e. The standard InChI is InChI=1S/C14H22BFO4/c1-8(9-6-7-10(9)12(17)18)11(16)15-19-13(2,3)14(4,5)20-15/h9-10H,6-7H2,1-5H3,(H,17,18). The van der Waals surface area contributed by atoms with Crippen LogP contribution in [-0.2, 0) is 14.1 Å². The average Bonchev–Trinajstić information content (AvgIpc) is 2.44. The molecule has 112 valence electrons. The Morgan fingerprint density at radius 3 is 1.95 bits per heavy atom. The normalized spacial score (nSPS) is 32.6. The number of rotatable bonds is 3. The molecule has 0 aromatic carbocycles. The number of hydrogen-bond acceptors (Lipinski definition) is 3. The summed E-state index contributed by atoms with van der Waals surface area (Å²) < 4.78 is 25.9. The SMILES string of the molecule is CC(=C(F)B1OC(C)(C)C(C)(C)O1)C1CCC1C(=O)O. The molecule has 1 saturated heterocycles. The fourth-order valence-corrected chi connectivity index (χ4v) is 2.62. The van der Waals surface area contributed by atoms with Crippen LogP contribution < -0.4 is 0 Å². The topological polar surface area (TPSA) is 55.8 Å². The van der Waals surface area contributed by atoms with Gasteiger partial charge in [0.25, 0.3) is 0 Å². The maximum Gasteiger partial charge on any atom is 0.525 e. The second kappa shape index (κ2) is 4.84. The van der Waals surface area contributed by atoms with E-state index < -0.39 is 35.9 Å². The van der Waals surface area contributed by atoms with E-state index in [2.05, 4.69) is 0 Å². The molecule has 2 aliphatic rings. The van der Waals surface area contributed by atoms with Crippen molar-refractivity contribution in [2.75, 3.05) is 0 Å². The Balaban J connectivity index is 2.17. The Labute approximate surface area is 119 Å². The number of carboxylic acids is 1. The second-order valence-electron chi connectivity index (χ2n) is 6.75. The molecular weight excluding hydrogens is 262 g/mol. The molecule has 20 heavy (non-hydrogen) atoms. The highest BCUT2D eigenvalue weighted by Gasteiger charge is 2.54. The lowest BCUT2D eigenvalue weighted by Crippen LogP contribution is -2.41. The van der Waals surface area contributed by atoms with Crippen LogP contribution in [-0.4, -0.2) is 29.4 Å². The van der Waals surface area contributed by atoms with Crippen molar-refractivity contribution in [3.63, 3.8) is 0 Å². The molecule has 1 aliphatic carbocycles. The largest absolute Gasteiger partial charge is 0.525 e. The molecule has 2 rings (SSSR count). The molecule has 0 amide bonds. The second-order valence-corrected chi connectivity index (χ2v) is 6.75. The zero-order valence-electron chi connectivity index (χ0n) is 12.7. The van der Waals surface area contributed by atoms with Crippen molar-refractivity contribution in [3.05, 3.63) is 11.3 Å². The van der Waals surface area contributed by atoms with Crippen molar-refractivity contribution in [1.29, 1.82) is 0 Å². The first-order valence-electron chi connectivity index (χ1n) is 7.01. The maximum absolute atomic E-state index is 14.5. The predicted molar refractivity (Wildman–Crippen MR) is 73.7 cm³/mol. The number of carboxylic acid groups (broad SMARTS) is 1. The van der Waals surface area contributed by atoms with Crippen LogP contribution in [0.5, 0.6) is 0 Å². The lowest BCUT2D eigenvalue weighted by Gasteiger charge is -2.34. The molecule has 2 fully saturated rings. The van der Waals surface area contributed by atoms with Crippen molar-refractivity contribution < 1.29 is 23.6 Å². The van der Waals surface area contributed by atoms with Crippen molar-refractivity contribution >= 4 is 13.1 Å². The molecule has 0 spiro atoms. The predicted octanol–water partition coefficient (Wildman–Crippen LogP) is 2.97. The van der Waals surface area contributed by atoms with Crippen LogP contribution in [0.1, 0.15) is 47.5 Å². The summed E-state index contributed by atoms with van der Waals surface area (Å²) >= 11 is 0. The molecule has 4 nitrogen and oxygen atoms in total. The number of hydrogen-bond donors (Lipinski definition) is 1. The van der Waals surface area contributed by atoms with Gasteiger partial charge in [-0.15, -0.1) is 0 Å². The lowest BCUT2D eigenvalue weighted by molar-refractivity contribution is -0.146. The van der Waals surface area contributed by atoms with Gasteiger partial charge in [-0.1, -0.05) is 0 Å². The summed E-state index contributed by atoms with van der Waals surface area (Å²) in [5.41, 5.74) is -1.22. The zero-order valence-corrected chi connectivity index (χ0v) is 12.7. The molecule has 1 heterocycles. The third kappa shape index (κ3) is 2.39. The summed E-state index contributed by atoms with van der Waals surface area (Å²) in [7, 11) is -1.03. The van der Waals surface area contributed by atoms with Crippen LogP contribution in [0, 0.1) is 11.8 Å².